The van der Waals surface area contributed by atoms with Crippen LogP contribution >= 0.6 is 0 Å². The summed E-state index contributed by atoms with van der Waals surface area (Å²) in [7, 11) is 0. The third-order valence-electron chi connectivity index (χ3n) is 5.10. The van der Waals surface area contributed by atoms with E-state index in [1.54, 1.807) is 0 Å². The first kappa shape index (κ1) is 17.0. The van der Waals surface area contributed by atoms with Gasteiger partial charge in [-0.3, -0.25) is 0 Å². The van der Waals surface area contributed by atoms with Gasteiger partial charge in [0.15, 0.2) is 5.58 Å². The molecule has 0 aliphatic carbocycles. The fraction of sp³-hybridized carbons (Fsp3) is 0.579. The van der Waals surface area contributed by atoms with Crippen molar-refractivity contribution in [2.45, 2.75) is 18.9 Å². The highest BCUT2D eigenvalue weighted by Crippen LogP contribution is 2.26. The summed E-state index contributed by atoms with van der Waals surface area (Å²) in [6.07, 6.45) is 2.12. The van der Waals surface area contributed by atoms with Gasteiger partial charge in [0.1, 0.15) is 11.6 Å². The lowest BCUT2D eigenvalue weighted by Crippen LogP contribution is -2.56. The number of unbranched alkanes of at least 4 members (excludes halogenated alkanes) is 1. The van der Waals surface area contributed by atoms with Crippen molar-refractivity contribution in [1.29, 1.82) is 0 Å². The summed E-state index contributed by atoms with van der Waals surface area (Å²) < 4.78 is 11.9. The van der Waals surface area contributed by atoms with Crippen molar-refractivity contribution in [3.05, 3.63) is 37.1 Å². The second-order valence-corrected chi connectivity index (χ2v) is 6.79. The molecule has 2 saturated heterocycles. The van der Waals surface area contributed by atoms with Crippen molar-refractivity contribution in [2.24, 2.45) is 0 Å². The number of hydrogen-bond donors (Lipinski definition) is 0. The molecule has 1 atom stereocenters. The molecule has 3 heterocycles. The average Bonchev–Trinajstić information content (AvgIpc) is 3.11. The molecule has 6 nitrogen and oxygen atoms in total. The van der Waals surface area contributed by atoms with Crippen LogP contribution in [0.25, 0.3) is 11.1 Å². The Morgan fingerprint density at radius 2 is 1.92 bits per heavy atom. The molecule has 1 aromatic heterocycles. The Balaban J connectivity index is 1.36. The number of ether oxygens (including phenoxy) is 1. The Morgan fingerprint density at radius 1 is 1.08 bits per heavy atom. The quantitative estimate of drug-likeness (QED) is 0.830. The lowest BCUT2D eigenvalue weighted by atomic mass is 10.2. The van der Waals surface area contributed by atoms with E-state index < -0.39 is 0 Å². The second-order valence-electron chi connectivity index (χ2n) is 6.79. The molecule has 6 heteroatoms. The predicted octanol–water partition coefficient (Wildman–Crippen LogP) is 2.35. The zero-order valence-corrected chi connectivity index (χ0v) is 14.8. The van der Waals surface area contributed by atoms with E-state index in [2.05, 4.69) is 26.8 Å². The van der Waals surface area contributed by atoms with E-state index in [1.807, 2.05) is 24.3 Å². The zero-order chi connectivity index (χ0) is 17.1. The highest BCUT2D eigenvalue weighted by Gasteiger charge is 2.30. The molecular formula is C19H27N4O2. The molecule has 4 rings (SSSR count). The Hall–Kier alpha value is -1.47. The molecule has 1 radical (unpaired) electrons. The maximum atomic E-state index is 5.95. The summed E-state index contributed by atoms with van der Waals surface area (Å²) in [6, 6.07) is 7.89. The maximum Gasteiger partial charge on any atom is 0.226 e. The van der Waals surface area contributed by atoms with Crippen LogP contribution in [0.4, 0.5) is 0 Å². The largest absolute Gasteiger partial charge is 0.438 e. The lowest BCUT2D eigenvalue weighted by Gasteiger charge is -2.43. The topological polar surface area (TPSA) is 45.0 Å². The van der Waals surface area contributed by atoms with Crippen molar-refractivity contribution < 1.29 is 9.15 Å². The van der Waals surface area contributed by atoms with Gasteiger partial charge in [-0.2, -0.15) is 0 Å². The number of nitrogens with zero attached hydrogens (tertiary/aromatic N) is 4. The van der Waals surface area contributed by atoms with Gasteiger partial charge in [-0.05, 0) is 25.1 Å². The van der Waals surface area contributed by atoms with Crippen molar-refractivity contribution in [2.75, 3.05) is 52.4 Å². The Morgan fingerprint density at radius 3 is 2.72 bits per heavy atom. The number of fused-ring (bicyclic) bond motifs is 1. The molecule has 0 saturated carbocycles. The van der Waals surface area contributed by atoms with Crippen molar-refractivity contribution in [1.82, 2.24) is 19.9 Å². The molecule has 135 valence electrons. The SMILES string of the molecule is [CH2]CCCN1CCN(N2CCOC(c3nc4ccccc4o3)C2)CC1. The molecule has 0 bridgehead atoms. The monoisotopic (exact) mass is 343 g/mol. The van der Waals surface area contributed by atoms with Crippen LogP contribution in [0.15, 0.2) is 28.7 Å². The number of rotatable bonds is 5. The standard InChI is InChI=1S/C19H27N4O2/c1-2-3-8-21-9-11-22(12-10-21)23-13-14-24-18(15-23)19-20-16-6-4-5-7-17(16)25-19/h4-7,18H,1-3,8-15H2. The lowest BCUT2D eigenvalue weighted by molar-refractivity contribution is -0.141. The van der Waals surface area contributed by atoms with Crippen molar-refractivity contribution in [3.63, 3.8) is 0 Å². The number of morpholine rings is 1. The highest BCUT2D eigenvalue weighted by molar-refractivity contribution is 5.72. The summed E-state index contributed by atoms with van der Waals surface area (Å²) in [5.74, 6) is 0.694. The third kappa shape index (κ3) is 3.87. The molecule has 2 aliphatic rings. The summed E-state index contributed by atoms with van der Waals surface area (Å²) in [6.45, 7) is 12.0. The Kier molecular flexibility index (Phi) is 5.31. The first-order chi connectivity index (χ1) is 12.3. The molecule has 1 aromatic carbocycles. The summed E-state index contributed by atoms with van der Waals surface area (Å²) in [5, 5.41) is 4.89. The van der Waals surface area contributed by atoms with Crippen molar-refractivity contribution >= 4 is 11.1 Å². The Labute approximate surface area is 149 Å². The number of aromatic nitrogens is 1. The molecule has 0 spiro atoms. The second kappa shape index (κ2) is 7.83. The van der Waals surface area contributed by atoms with Crippen LogP contribution in [0.1, 0.15) is 24.8 Å². The minimum Gasteiger partial charge on any atom is -0.438 e. The van der Waals surface area contributed by atoms with E-state index in [0.717, 1.165) is 56.8 Å². The van der Waals surface area contributed by atoms with E-state index in [9.17, 15) is 0 Å². The minimum atomic E-state index is -0.0923. The van der Waals surface area contributed by atoms with Crippen LogP contribution in [0, 0.1) is 6.92 Å². The van der Waals surface area contributed by atoms with E-state index in [0.29, 0.717) is 12.5 Å². The van der Waals surface area contributed by atoms with Gasteiger partial charge in [0.25, 0.3) is 0 Å². The minimum absolute atomic E-state index is 0.0923. The molecule has 2 aromatic rings. The smallest absolute Gasteiger partial charge is 0.226 e. The predicted molar refractivity (Wildman–Crippen MR) is 96.9 cm³/mol. The summed E-state index contributed by atoms with van der Waals surface area (Å²) in [5.41, 5.74) is 1.73. The van der Waals surface area contributed by atoms with Crippen molar-refractivity contribution in [3.8, 4) is 0 Å². The Bertz CT molecular complexity index is 648. The number of para-hydroxylation sites is 2. The van der Waals surface area contributed by atoms with Crippen LogP contribution in [-0.2, 0) is 4.74 Å². The van der Waals surface area contributed by atoms with Crippen LogP contribution in [0.3, 0.4) is 0 Å². The number of benzene rings is 1. The maximum absolute atomic E-state index is 5.95. The van der Waals surface area contributed by atoms with E-state index in [1.165, 1.54) is 13.0 Å². The zero-order valence-electron chi connectivity index (χ0n) is 14.8. The van der Waals surface area contributed by atoms with Gasteiger partial charge in [-0.25, -0.2) is 15.0 Å². The van der Waals surface area contributed by atoms with Gasteiger partial charge in [0.05, 0.1) is 6.61 Å². The molecule has 2 aliphatic heterocycles. The number of hydrazine groups is 1. The van der Waals surface area contributed by atoms with E-state index in [4.69, 9.17) is 9.15 Å². The van der Waals surface area contributed by atoms with E-state index in [-0.39, 0.29) is 6.10 Å². The average molecular weight is 343 g/mol. The third-order valence-corrected chi connectivity index (χ3v) is 5.10. The van der Waals surface area contributed by atoms with Crippen LogP contribution in [0.2, 0.25) is 0 Å². The fourth-order valence-corrected chi connectivity index (χ4v) is 3.65. The first-order valence-electron chi connectivity index (χ1n) is 9.32. The molecule has 2 fully saturated rings. The van der Waals surface area contributed by atoms with Gasteiger partial charge >= 0.3 is 0 Å². The fourth-order valence-electron chi connectivity index (χ4n) is 3.65. The molecule has 0 amide bonds. The number of hydrogen-bond acceptors (Lipinski definition) is 6. The molecule has 25 heavy (non-hydrogen) atoms. The van der Waals surface area contributed by atoms with Crippen LogP contribution in [0.5, 0.6) is 0 Å². The molecule has 1 unspecified atom stereocenters. The van der Waals surface area contributed by atoms with Gasteiger partial charge in [0.2, 0.25) is 5.89 Å². The van der Waals surface area contributed by atoms with Gasteiger partial charge in [-0.1, -0.05) is 25.5 Å². The summed E-state index contributed by atoms with van der Waals surface area (Å²) in [4.78, 5) is 7.15. The van der Waals surface area contributed by atoms with Crippen LogP contribution in [-0.4, -0.2) is 72.3 Å². The summed E-state index contributed by atoms with van der Waals surface area (Å²) >= 11 is 0. The van der Waals surface area contributed by atoms with Gasteiger partial charge in [0, 0.05) is 39.3 Å². The first-order valence-corrected chi connectivity index (χ1v) is 9.32. The van der Waals surface area contributed by atoms with Gasteiger partial charge < -0.3 is 14.1 Å². The van der Waals surface area contributed by atoms with E-state index >= 15 is 0 Å². The number of piperazine rings is 1. The normalized spacial score (nSPS) is 24.1. The molecular weight excluding hydrogens is 316 g/mol. The van der Waals surface area contributed by atoms with Gasteiger partial charge in [-0.15, -0.1) is 0 Å². The van der Waals surface area contributed by atoms with Crippen LogP contribution < -0.4 is 0 Å². The molecule has 0 N–H and O–H groups in total. The highest BCUT2D eigenvalue weighted by atomic mass is 16.5. The number of oxazole rings is 1.